The number of aromatic amines is 1. The first-order valence-corrected chi connectivity index (χ1v) is 11.1. The zero-order chi connectivity index (χ0) is 23.5. The van der Waals surface area contributed by atoms with Crippen LogP contribution < -0.4 is 31.6 Å². The zero-order valence-corrected chi connectivity index (χ0v) is 18.5. The largest absolute Gasteiger partial charge is 0.454 e. The van der Waals surface area contributed by atoms with E-state index in [4.69, 9.17) is 15.2 Å². The summed E-state index contributed by atoms with van der Waals surface area (Å²) in [4.78, 5) is 32.9. The molecule has 4 N–H and O–H groups in total. The summed E-state index contributed by atoms with van der Waals surface area (Å²) in [6, 6.07) is 14.8. The van der Waals surface area contributed by atoms with E-state index in [0.29, 0.717) is 41.3 Å². The topological polar surface area (TPSA) is 124 Å². The maximum absolute atomic E-state index is 12.8. The molecule has 4 aromatic rings. The Morgan fingerprint density at radius 1 is 1.03 bits per heavy atom. The fourth-order valence-corrected chi connectivity index (χ4v) is 3.94. The molecule has 0 radical (unpaired) electrons. The number of hydrogen-bond acceptors (Lipinski definition) is 7. The standard InChI is InChI=1S/C25H25N5O4/c26-8-1-9-27-13-16-2-5-18(6-3-16)20-14-30-23(31)12-19(28-25(30)29-24(20)32)10-17-4-7-21-22(11-17)34-15-33-21/h2-7,11-12,14,27H,1,8-10,13,15,26H2,(H,28,29,32). The minimum Gasteiger partial charge on any atom is -0.454 e. The summed E-state index contributed by atoms with van der Waals surface area (Å²) in [7, 11) is 0. The van der Waals surface area contributed by atoms with Gasteiger partial charge in [0.05, 0.1) is 5.56 Å². The molecule has 9 nitrogen and oxygen atoms in total. The van der Waals surface area contributed by atoms with Crippen molar-refractivity contribution in [2.24, 2.45) is 5.73 Å². The van der Waals surface area contributed by atoms with Crippen LogP contribution in [0.4, 0.5) is 0 Å². The van der Waals surface area contributed by atoms with E-state index in [9.17, 15) is 9.59 Å². The van der Waals surface area contributed by atoms with Gasteiger partial charge in [-0.05, 0) is 48.3 Å². The van der Waals surface area contributed by atoms with Crippen LogP contribution in [0.2, 0.25) is 0 Å². The lowest BCUT2D eigenvalue weighted by Crippen LogP contribution is -2.22. The highest BCUT2D eigenvalue weighted by molar-refractivity contribution is 5.62. The molecule has 1 aliphatic rings. The molecule has 3 heterocycles. The van der Waals surface area contributed by atoms with Gasteiger partial charge in [-0.2, -0.15) is 4.98 Å². The van der Waals surface area contributed by atoms with E-state index in [2.05, 4.69) is 15.3 Å². The van der Waals surface area contributed by atoms with E-state index >= 15 is 0 Å². The van der Waals surface area contributed by atoms with Gasteiger partial charge in [0, 0.05) is 30.9 Å². The first-order valence-electron chi connectivity index (χ1n) is 11.1. The lowest BCUT2D eigenvalue weighted by atomic mass is 10.1. The number of H-pyrrole nitrogens is 1. The van der Waals surface area contributed by atoms with Crippen LogP contribution in [0, 0.1) is 0 Å². The quantitative estimate of drug-likeness (QED) is 0.343. The second kappa shape index (κ2) is 9.50. The number of hydrogen-bond donors (Lipinski definition) is 3. The van der Waals surface area contributed by atoms with Crippen LogP contribution in [0.15, 0.2) is 64.3 Å². The first-order chi connectivity index (χ1) is 16.6. The van der Waals surface area contributed by atoms with Crippen molar-refractivity contribution in [1.82, 2.24) is 19.7 Å². The third-order valence-electron chi connectivity index (χ3n) is 5.72. The van der Waals surface area contributed by atoms with Gasteiger partial charge in [0.15, 0.2) is 11.5 Å². The van der Waals surface area contributed by atoms with Crippen molar-refractivity contribution in [3.05, 3.63) is 92.3 Å². The molecule has 0 bridgehead atoms. The van der Waals surface area contributed by atoms with Gasteiger partial charge in [-0.1, -0.05) is 30.3 Å². The van der Waals surface area contributed by atoms with E-state index in [1.165, 1.54) is 10.5 Å². The van der Waals surface area contributed by atoms with Gasteiger partial charge in [0.25, 0.3) is 11.1 Å². The molecule has 34 heavy (non-hydrogen) atoms. The molecule has 0 spiro atoms. The Hall–Kier alpha value is -3.95. The molecule has 2 aromatic carbocycles. The minimum absolute atomic E-state index is 0.204. The molecule has 2 aromatic heterocycles. The second-order valence-corrected chi connectivity index (χ2v) is 8.17. The van der Waals surface area contributed by atoms with Crippen LogP contribution in [0.3, 0.4) is 0 Å². The molecule has 0 saturated heterocycles. The molecule has 5 rings (SSSR count). The SMILES string of the molecule is NCCCNCc1ccc(-c2cn3c(=O)cc(Cc4ccc5c(c4)OCO5)[nH]c3nc2=O)cc1. The minimum atomic E-state index is -0.398. The van der Waals surface area contributed by atoms with Crippen LogP contribution in [-0.2, 0) is 13.0 Å². The van der Waals surface area contributed by atoms with Gasteiger partial charge in [-0.25, -0.2) is 0 Å². The Labute approximate surface area is 195 Å². The number of fused-ring (bicyclic) bond motifs is 2. The Bertz CT molecular complexity index is 1440. The smallest absolute Gasteiger partial charge is 0.282 e. The van der Waals surface area contributed by atoms with Gasteiger partial charge in [-0.3, -0.25) is 14.0 Å². The second-order valence-electron chi connectivity index (χ2n) is 8.17. The molecular formula is C25H25N5O4. The fourth-order valence-electron chi connectivity index (χ4n) is 3.94. The molecule has 0 amide bonds. The molecule has 174 valence electrons. The van der Waals surface area contributed by atoms with Crippen molar-refractivity contribution in [2.75, 3.05) is 19.9 Å². The monoisotopic (exact) mass is 459 g/mol. The summed E-state index contributed by atoms with van der Waals surface area (Å²) in [6.07, 6.45) is 2.92. The van der Waals surface area contributed by atoms with Crippen LogP contribution in [0.1, 0.15) is 23.2 Å². The Balaban J connectivity index is 1.39. The van der Waals surface area contributed by atoms with Crippen LogP contribution >= 0.6 is 0 Å². The summed E-state index contributed by atoms with van der Waals surface area (Å²) < 4.78 is 12.1. The van der Waals surface area contributed by atoms with Gasteiger partial charge in [-0.15, -0.1) is 0 Å². The number of nitrogens with zero attached hydrogens (tertiary/aromatic N) is 2. The number of ether oxygens (including phenoxy) is 2. The van der Waals surface area contributed by atoms with E-state index in [1.807, 2.05) is 42.5 Å². The summed E-state index contributed by atoms with van der Waals surface area (Å²) >= 11 is 0. The Morgan fingerprint density at radius 3 is 2.65 bits per heavy atom. The zero-order valence-electron chi connectivity index (χ0n) is 18.5. The molecular weight excluding hydrogens is 434 g/mol. The van der Waals surface area contributed by atoms with Gasteiger partial charge < -0.3 is 25.5 Å². The predicted molar refractivity (Wildman–Crippen MR) is 128 cm³/mol. The summed E-state index contributed by atoms with van der Waals surface area (Å²) in [6.45, 7) is 2.44. The van der Waals surface area contributed by atoms with Crippen LogP contribution in [0.5, 0.6) is 11.5 Å². The van der Waals surface area contributed by atoms with E-state index in [1.54, 1.807) is 6.20 Å². The van der Waals surface area contributed by atoms with Crippen molar-refractivity contribution in [3.8, 4) is 22.6 Å². The van der Waals surface area contributed by atoms with Crippen molar-refractivity contribution >= 4 is 5.78 Å². The van der Waals surface area contributed by atoms with E-state index < -0.39 is 5.56 Å². The molecule has 0 unspecified atom stereocenters. The Morgan fingerprint density at radius 2 is 1.82 bits per heavy atom. The van der Waals surface area contributed by atoms with Gasteiger partial charge >= 0.3 is 0 Å². The normalized spacial score (nSPS) is 12.4. The maximum Gasteiger partial charge on any atom is 0.282 e. The number of nitrogens with two attached hydrogens (primary N) is 1. The van der Waals surface area contributed by atoms with E-state index in [-0.39, 0.29) is 18.1 Å². The van der Waals surface area contributed by atoms with Crippen molar-refractivity contribution in [3.63, 3.8) is 0 Å². The molecule has 0 aliphatic carbocycles. The molecule has 0 atom stereocenters. The predicted octanol–water partition coefficient (Wildman–Crippen LogP) is 1.81. The molecule has 0 saturated carbocycles. The van der Waals surface area contributed by atoms with Gasteiger partial charge in [0.2, 0.25) is 12.6 Å². The summed E-state index contributed by atoms with van der Waals surface area (Å²) in [5.74, 6) is 1.59. The first kappa shape index (κ1) is 21.9. The van der Waals surface area contributed by atoms with Crippen molar-refractivity contribution < 1.29 is 9.47 Å². The van der Waals surface area contributed by atoms with Crippen LogP contribution in [-0.4, -0.2) is 34.3 Å². The van der Waals surface area contributed by atoms with Gasteiger partial charge in [0.1, 0.15) is 0 Å². The van der Waals surface area contributed by atoms with Crippen molar-refractivity contribution in [2.45, 2.75) is 19.4 Å². The lowest BCUT2D eigenvalue weighted by molar-refractivity contribution is 0.174. The highest BCUT2D eigenvalue weighted by Crippen LogP contribution is 2.32. The lowest BCUT2D eigenvalue weighted by Gasteiger charge is -2.09. The fraction of sp³-hybridized carbons (Fsp3) is 0.240. The van der Waals surface area contributed by atoms with Crippen LogP contribution in [0.25, 0.3) is 16.9 Å². The van der Waals surface area contributed by atoms with Crippen molar-refractivity contribution in [1.29, 1.82) is 0 Å². The summed E-state index contributed by atoms with van der Waals surface area (Å²) in [5, 5.41) is 3.32. The molecule has 9 heteroatoms. The third-order valence-corrected chi connectivity index (χ3v) is 5.72. The Kier molecular flexibility index (Phi) is 6.11. The average Bonchev–Trinajstić information content (AvgIpc) is 3.30. The average molecular weight is 460 g/mol. The number of rotatable bonds is 8. The molecule has 1 aliphatic heterocycles. The third kappa shape index (κ3) is 4.57. The highest BCUT2D eigenvalue weighted by Gasteiger charge is 2.14. The maximum atomic E-state index is 12.8. The number of aromatic nitrogens is 3. The molecule has 0 fully saturated rings. The number of nitrogens with one attached hydrogen (secondary N) is 2. The summed E-state index contributed by atoms with van der Waals surface area (Å²) in [5.41, 5.74) is 8.61. The van der Waals surface area contributed by atoms with E-state index in [0.717, 1.165) is 30.6 Å². The highest BCUT2D eigenvalue weighted by atomic mass is 16.7. The number of benzene rings is 2.